The van der Waals surface area contributed by atoms with Crippen LogP contribution in [-0.4, -0.2) is 40.9 Å². The smallest absolute Gasteiger partial charge is 0.385 e. The Hall–Kier alpha value is -2.51. The van der Waals surface area contributed by atoms with E-state index in [0.717, 1.165) is 12.1 Å². The summed E-state index contributed by atoms with van der Waals surface area (Å²) in [5.74, 6) is -37.6. The molecular weight excluding hydrogens is 515 g/mol. The third kappa shape index (κ3) is 4.56. The summed E-state index contributed by atoms with van der Waals surface area (Å²) in [7, 11) is 0. The molecule has 0 amide bonds. The first-order valence-corrected chi connectivity index (χ1v) is 9.38. The van der Waals surface area contributed by atoms with Gasteiger partial charge in [0.15, 0.2) is 0 Å². The normalized spacial score (nSPS) is 16.2. The first-order chi connectivity index (χ1) is 15.5. The van der Waals surface area contributed by atoms with E-state index in [1.807, 2.05) is 0 Å². The molecule has 1 atom stereocenters. The molecule has 0 aliphatic rings. The van der Waals surface area contributed by atoms with Crippen molar-refractivity contribution >= 4 is 0 Å². The summed E-state index contributed by atoms with van der Waals surface area (Å²) in [6, 6.07) is 11.8. The molecule has 14 heteroatoms. The third-order valence-corrected chi connectivity index (χ3v) is 5.16. The summed E-state index contributed by atoms with van der Waals surface area (Å²) in [5.41, 5.74) is -3.60. The fraction of sp³-hybridized carbons (Fsp3) is 0.429. The maximum absolute atomic E-state index is 14.4. The fourth-order valence-corrected chi connectivity index (χ4v) is 3.26. The van der Waals surface area contributed by atoms with E-state index in [1.54, 1.807) is 0 Å². The van der Waals surface area contributed by atoms with Gasteiger partial charge in [0, 0.05) is 0 Å². The second-order valence-corrected chi connectivity index (χ2v) is 7.86. The Morgan fingerprint density at radius 3 is 1.49 bits per heavy atom. The van der Waals surface area contributed by atoms with Gasteiger partial charge in [0.05, 0.1) is 12.0 Å². The minimum Gasteiger partial charge on any atom is -0.385 e. The van der Waals surface area contributed by atoms with Gasteiger partial charge in [-0.05, 0) is 23.6 Å². The highest BCUT2D eigenvalue weighted by Gasteiger charge is 2.90. The Labute approximate surface area is 189 Å². The van der Waals surface area contributed by atoms with Gasteiger partial charge < -0.3 is 5.11 Å². The third-order valence-electron chi connectivity index (χ3n) is 5.16. The van der Waals surface area contributed by atoms with E-state index >= 15 is 0 Å². The second kappa shape index (κ2) is 8.56. The predicted molar refractivity (Wildman–Crippen MR) is 96.9 cm³/mol. The molecule has 1 unspecified atom stereocenters. The maximum Gasteiger partial charge on any atom is 0.460 e. The van der Waals surface area contributed by atoms with Crippen LogP contribution in [0.5, 0.6) is 0 Å². The zero-order valence-electron chi connectivity index (χ0n) is 17.3. The Bertz CT molecular complexity index is 1030. The molecule has 0 saturated heterocycles. The molecule has 0 radical (unpaired) electrons. The average molecular weight is 530 g/mol. The van der Waals surface area contributed by atoms with Gasteiger partial charge in [-0.15, -0.1) is 0 Å². The first kappa shape index (κ1) is 28.7. The van der Waals surface area contributed by atoms with Crippen molar-refractivity contribution in [3.63, 3.8) is 0 Å². The average Bonchev–Trinajstić information content (AvgIpc) is 2.72. The van der Waals surface area contributed by atoms with Crippen LogP contribution < -0.4 is 0 Å². The van der Waals surface area contributed by atoms with E-state index in [9.17, 15) is 62.2 Å². The molecule has 2 rings (SSSR count). The molecule has 0 aliphatic carbocycles. The summed E-state index contributed by atoms with van der Waals surface area (Å²) in [5, 5.41) is 10.5. The molecule has 0 saturated carbocycles. The molecule has 1 nitrogen and oxygen atoms in total. The molecule has 0 heterocycles. The van der Waals surface area contributed by atoms with Crippen LogP contribution in [0.4, 0.5) is 57.1 Å². The molecule has 35 heavy (non-hydrogen) atoms. The van der Waals surface area contributed by atoms with Gasteiger partial charge in [0.25, 0.3) is 0 Å². The van der Waals surface area contributed by atoms with Gasteiger partial charge in [0.2, 0.25) is 0 Å². The lowest BCUT2D eigenvalue weighted by atomic mass is 9.81. The summed E-state index contributed by atoms with van der Waals surface area (Å²) < 4.78 is 174. The lowest BCUT2D eigenvalue weighted by molar-refractivity contribution is -0.441. The Kier molecular flexibility index (Phi) is 7.02. The van der Waals surface area contributed by atoms with Crippen LogP contribution >= 0.6 is 0 Å². The second-order valence-electron chi connectivity index (χ2n) is 7.86. The monoisotopic (exact) mass is 530 g/mol. The zero-order chi connectivity index (χ0) is 27.3. The Balaban J connectivity index is 2.55. The van der Waals surface area contributed by atoms with Crippen molar-refractivity contribution < 1.29 is 62.2 Å². The maximum atomic E-state index is 14.4. The van der Waals surface area contributed by atoms with Gasteiger partial charge in [0.1, 0.15) is 0 Å². The Morgan fingerprint density at radius 1 is 0.571 bits per heavy atom. The van der Waals surface area contributed by atoms with Gasteiger partial charge in [-0.25, -0.2) is 0 Å². The Morgan fingerprint density at radius 2 is 1.00 bits per heavy atom. The standard InChI is InChI=1S/C21H15F13O/c1-15(35,14-10-6-5-9-13(14)12-7-3-2-4-8-12)11-16(22,23)17(24,25)18(26,27)19(28,29)20(30,31)21(32,33)34/h2-10,35H,11H2,1H3. The van der Waals surface area contributed by atoms with E-state index < -0.39 is 53.4 Å². The molecule has 0 bridgehead atoms. The van der Waals surface area contributed by atoms with Crippen LogP contribution in [0.25, 0.3) is 11.1 Å². The van der Waals surface area contributed by atoms with Crippen LogP contribution in [0.2, 0.25) is 0 Å². The molecule has 0 spiro atoms. The predicted octanol–water partition coefficient (Wildman–Crippen LogP) is 7.69. The summed E-state index contributed by atoms with van der Waals surface area (Å²) in [6.45, 7) is 0.430. The molecule has 2 aromatic carbocycles. The summed E-state index contributed by atoms with van der Waals surface area (Å²) in [6.07, 6.45) is -10.2. The number of aliphatic hydroxyl groups is 1. The van der Waals surface area contributed by atoms with Crippen molar-refractivity contribution in [2.45, 2.75) is 54.7 Å². The number of halogens is 13. The topological polar surface area (TPSA) is 20.2 Å². The highest BCUT2D eigenvalue weighted by molar-refractivity contribution is 5.68. The molecular formula is C21H15F13O. The van der Waals surface area contributed by atoms with Crippen LogP contribution in [0.1, 0.15) is 18.9 Å². The molecule has 196 valence electrons. The van der Waals surface area contributed by atoms with Crippen molar-refractivity contribution in [1.29, 1.82) is 0 Å². The lowest BCUT2D eigenvalue weighted by Crippen LogP contribution is -2.70. The van der Waals surface area contributed by atoms with Crippen LogP contribution in [0.15, 0.2) is 54.6 Å². The highest BCUT2D eigenvalue weighted by Crippen LogP contribution is 2.61. The number of rotatable bonds is 8. The fourth-order valence-electron chi connectivity index (χ4n) is 3.26. The molecule has 0 aliphatic heterocycles. The molecule has 2 aromatic rings. The lowest BCUT2D eigenvalue weighted by Gasteiger charge is -2.41. The minimum atomic E-state index is -7.99. The van der Waals surface area contributed by atoms with Gasteiger partial charge in [-0.1, -0.05) is 54.6 Å². The van der Waals surface area contributed by atoms with Gasteiger partial charge in [-0.3, -0.25) is 0 Å². The molecule has 1 N–H and O–H groups in total. The van der Waals surface area contributed by atoms with Gasteiger partial charge in [-0.2, -0.15) is 57.1 Å². The number of alkyl halides is 13. The van der Waals surface area contributed by atoms with E-state index in [-0.39, 0.29) is 11.1 Å². The summed E-state index contributed by atoms with van der Waals surface area (Å²) in [4.78, 5) is 0. The quantitative estimate of drug-likeness (QED) is 0.347. The summed E-state index contributed by atoms with van der Waals surface area (Å²) >= 11 is 0. The largest absolute Gasteiger partial charge is 0.460 e. The highest BCUT2D eigenvalue weighted by atomic mass is 19.4. The van der Waals surface area contributed by atoms with Crippen molar-refractivity contribution in [3.05, 3.63) is 60.2 Å². The van der Waals surface area contributed by atoms with Crippen LogP contribution in [0, 0.1) is 0 Å². The van der Waals surface area contributed by atoms with Crippen molar-refractivity contribution in [3.8, 4) is 11.1 Å². The van der Waals surface area contributed by atoms with Gasteiger partial charge >= 0.3 is 35.8 Å². The molecule has 0 fully saturated rings. The number of hydrogen-bond donors (Lipinski definition) is 1. The van der Waals surface area contributed by atoms with E-state index in [2.05, 4.69) is 0 Å². The SMILES string of the molecule is CC(O)(CC(F)(F)C(F)(F)C(F)(F)C(F)(F)C(F)(F)C(F)(F)F)c1ccccc1-c1ccccc1. The van der Waals surface area contributed by atoms with E-state index in [1.165, 1.54) is 42.5 Å². The van der Waals surface area contributed by atoms with E-state index in [0.29, 0.717) is 6.92 Å². The minimum absolute atomic E-state index is 0.0714. The van der Waals surface area contributed by atoms with Crippen molar-refractivity contribution in [2.75, 3.05) is 0 Å². The number of benzene rings is 2. The van der Waals surface area contributed by atoms with E-state index in [4.69, 9.17) is 0 Å². The van der Waals surface area contributed by atoms with Crippen molar-refractivity contribution in [2.24, 2.45) is 0 Å². The number of hydrogen-bond acceptors (Lipinski definition) is 1. The zero-order valence-corrected chi connectivity index (χ0v) is 17.3. The van der Waals surface area contributed by atoms with Crippen molar-refractivity contribution in [1.82, 2.24) is 0 Å². The van der Waals surface area contributed by atoms with Crippen LogP contribution in [-0.2, 0) is 5.60 Å². The molecule has 0 aromatic heterocycles. The first-order valence-electron chi connectivity index (χ1n) is 9.38. The van der Waals surface area contributed by atoms with Crippen LogP contribution in [0.3, 0.4) is 0 Å².